The summed E-state index contributed by atoms with van der Waals surface area (Å²) < 4.78 is 0. The number of thiocarbonyl (C=S) groups is 1. The van der Waals surface area contributed by atoms with Gasteiger partial charge in [-0.15, -0.1) is 24.3 Å². The maximum atomic E-state index is 7.13. The van der Waals surface area contributed by atoms with E-state index in [1.54, 1.807) is 12.4 Å². The minimum absolute atomic E-state index is 0. The number of pyridine rings is 2. The fraction of sp³-hybridized carbons (Fsp3) is 0. The van der Waals surface area contributed by atoms with Gasteiger partial charge >= 0.3 is 21.1 Å². The van der Waals surface area contributed by atoms with Gasteiger partial charge in [-0.25, -0.2) is 0 Å². The van der Waals surface area contributed by atoms with Crippen molar-refractivity contribution in [3.63, 3.8) is 0 Å². The van der Waals surface area contributed by atoms with Gasteiger partial charge in [0.05, 0.1) is 0 Å². The Hall–Kier alpha value is -1.99. The molecule has 1 aromatic carbocycles. The summed E-state index contributed by atoms with van der Waals surface area (Å²) in [5.74, 6) is 0. The van der Waals surface area contributed by atoms with Gasteiger partial charge in [-0.1, -0.05) is 47.6 Å². The van der Waals surface area contributed by atoms with Crippen LogP contribution in [0.5, 0.6) is 0 Å². The summed E-state index contributed by atoms with van der Waals surface area (Å²) in [7, 11) is 0. The van der Waals surface area contributed by atoms with Crippen molar-refractivity contribution in [3.8, 4) is 22.5 Å². The van der Waals surface area contributed by atoms with Crippen LogP contribution in [0.3, 0.4) is 0 Å². The quantitative estimate of drug-likeness (QED) is 0.310. The summed E-state index contributed by atoms with van der Waals surface area (Å²) in [5, 5.41) is 8.47. The van der Waals surface area contributed by atoms with Crippen LogP contribution in [0.4, 0.5) is 0 Å². The zero-order chi connectivity index (χ0) is 14.9. The normalized spacial score (nSPS) is 8.73. The van der Waals surface area contributed by atoms with Gasteiger partial charge < -0.3 is 5.41 Å². The fourth-order valence-corrected chi connectivity index (χ4v) is 1.81. The Morgan fingerprint density at radius 2 is 1.27 bits per heavy atom. The number of aromatic nitrogens is 2. The second-order valence-corrected chi connectivity index (χ2v) is 4.18. The number of nitrogens with zero attached hydrogens (tertiary/aromatic N) is 3. The van der Waals surface area contributed by atoms with Gasteiger partial charge in [0.15, 0.2) is 0 Å². The monoisotopic (exact) mass is 484 g/mol. The molecule has 0 aliphatic rings. The molecular weight excluding hydrogens is 473 g/mol. The zero-order valence-corrected chi connectivity index (χ0v) is 14.5. The van der Waals surface area contributed by atoms with Crippen molar-refractivity contribution in [1.29, 1.82) is 0 Å². The first-order valence-electron chi connectivity index (χ1n) is 6.21. The third-order valence-electron chi connectivity index (χ3n) is 2.68. The van der Waals surface area contributed by atoms with Crippen LogP contribution in [-0.4, -0.2) is 15.1 Å². The van der Waals surface area contributed by atoms with Crippen LogP contribution >= 0.6 is 12.2 Å². The molecule has 3 rings (SSSR count). The largest absolute Gasteiger partial charge is 2.00 e. The number of hydrogen-bond donors (Lipinski definition) is 0. The van der Waals surface area contributed by atoms with E-state index in [1.807, 2.05) is 54.6 Å². The van der Waals surface area contributed by atoms with Gasteiger partial charge in [0.1, 0.15) is 0 Å². The van der Waals surface area contributed by atoms with Crippen molar-refractivity contribution in [1.82, 2.24) is 9.97 Å². The number of rotatable bonds is 2. The van der Waals surface area contributed by atoms with Crippen LogP contribution in [0.2, 0.25) is 0 Å². The predicted molar refractivity (Wildman–Crippen MR) is 87.7 cm³/mol. The first-order valence-corrected chi connectivity index (χ1v) is 6.62. The summed E-state index contributed by atoms with van der Waals surface area (Å²) in [6.07, 6.45) is 3.58. The molecule has 0 radical (unpaired) electrons. The van der Waals surface area contributed by atoms with Crippen molar-refractivity contribution in [2.24, 2.45) is 0 Å². The van der Waals surface area contributed by atoms with E-state index in [1.165, 1.54) is 5.16 Å². The molecule has 0 unspecified atom stereocenters. The number of hydrogen-bond acceptors (Lipinski definition) is 3. The maximum Gasteiger partial charge on any atom is 2.00 e. The molecule has 3 aromatic rings. The van der Waals surface area contributed by atoms with Gasteiger partial charge in [-0.05, 0) is 12.1 Å². The van der Waals surface area contributed by atoms with Crippen molar-refractivity contribution < 1.29 is 21.1 Å². The summed E-state index contributed by atoms with van der Waals surface area (Å²) in [6, 6.07) is 21.1. The number of benzene rings is 1. The average Bonchev–Trinajstić information content (AvgIpc) is 2.57. The average molecular weight is 484 g/mol. The second kappa shape index (κ2) is 9.86. The topological polar surface area (TPSA) is 48.1 Å². The maximum absolute atomic E-state index is 7.13. The van der Waals surface area contributed by atoms with Crippen LogP contribution in [0.25, 0.3) is 27.9 Å². The summed E-state index contributed by atoms with van der Waals surface area (Å²) in [4.78, 5) is 8.66. The predicted octanol–water partition coefficient (Wildman–Crippen LogP) is 4.27. The fourth-order valence-electron chi connectivity index (χ4n) is 1.81. The van der Waals surface area contributed by atoms with E-state index in [2.05, 4.69) is 28.3 Å². The Labute approximate surface area is 149 Å². The van der Waals surface area contributed by atoms with Crippen LogP contribution in [0.15, 0.2) is 67.0 Å². The third kappa shape index (κ3) is 5.08. The van der Waals surface area contributed by atoms with E-state index in [9.17, 15) is 0 Å². The summed E-state index contributed by atoms with van der Waals surface area (Å²) >= 11 is 3.70. The smallest absolute Gasteiger partial charge is 0.753 e. The van der Waals surface area contributed by atoms with E-state index in [0.29, 0.717) is 0 Å². The molecule has 0 aliphatic heterocycles. The third-order valence-corrected chi connectivity index (χ3v) is 2.68. The molecule has 0 atom stereocenters. The van der Waals surface area contributed by atoms with Gasteiger partial charge in [-0.3, -0.25) is 9.97 Å². The van der Waals surface area contributed by atoms with Crippen molar-refractivity contribution >= 4 is 17.4 Å². The molecule has 0 bridgehead atoms. The molecule has 0 fully saturated rings. The van der Waals surface area contributed by atoms with Crippen LogP contribution in [0.1, 0.15) is 0 Å². The first-order chi connectivity index (χ1) is 10.3. The minimum Gasteiger partial charge on any atom is -0.753 e. The minimum atomic E-state index is 0. The Morgan fingerprint density at radius 3 is 1.64 bits per heavy atom. The molecule has 3 nitrogen and oxygen atoms in total. The molecule has 0 amide bonds. The molecule has 0 spiro atoms. The van der Waals surface area contributed by atoms with Crippen LogP contribution < -0.4 is 0 Å². The van der Waals surface area contributed by atoms with E-state index in [0.717, 1.165) is 22.5 Å². The van der Waals surface area contributed by atoms with Gasteiger partial charge in [0.2, 0.25) is 0 Å². The number of isothiocyanates is 1. The van der Waals surface area contributed by atoms with E-state index in [-0.39, 0.29) is 21.1 Å². The van der Waals surface area contributed by atoms with E-state index < -0.39 is 0 Å². The molecule has 2 heterocycles. The van der Waals surface area contributed by atoms with Gasteiger partial charge in [-0.2, -0.15) is 5.16 Å². The Kier molecular flexibility index (Phi) is 8.09. The van der Waals surface area contributed by atoms with Gasteiger partial charge in [0, 0.05) is 23.8 Å². The second-order valence-electron chi connectivity index (χ2n) is 4.00. The molecule has 5 heteroatoms. The Morgan fingerprint density at radius 1 is 0.818 bits per heavy atom. The molecule has 0 aliphatic carbocycles. The summed E-state index contributed by atoms with van der Waals surface area (Å²) in [6.45, 7) is 0. The van der Waals surface area contributed by atoms with Crippen molar-refractivity contribution in [2.75, 3.05) is 0 Å². The summed E-state index contributed by atoms with van der Waals surface area (Å²) in [5.41, 5.74) is 3.82. The molecule has 0 saturated carbocycles. The van der Waals surface area contributed by atoms with E-state index in [4.69, 9.17) is 5.41 Å². The van der Waals surface area contributed by atoms with Crippen LogP contribution in [0, 0.1) is 6.07 Å². The van der Waals surface area contributed by atoms with E-state index >= 15 is 0 Å². The Balaban J connectivity index is 0.000000562. The molecule has 22 heavy (non-hydrogen) atoms. The molecule has 0 N–H and O–H groups in total. The zero-order valence-electron chi connectivity index (χ0n) is 11.4. The first kappa shape index (κ1) is 18.1. The molecular formula is C17H11N3PtS. The molecule has 0 saturated heterocycles. The molecule has 2 aromatic heterocycles. The Bertz CT molecular complexity index is 672. The van der Waals surface area contributed by atoms with Crippen molar-refractivity contribution in [2.45, 2.75) is 0 Å². The SMILES string of the molecule is [N-]=C=S.[Pt+2].[c-]1c(-c2ccccn2)cccc1-c1ccccn1. The van der Waals surface area contributed by atoms with Crippen LogP contribution in [-0.2, 0) is 21.1 Å². The van der Waals surface area contributed by atoms with Gasteiger partial charge in [0.25, 0.3) is 0 Å². The standard InChI is InChI=1S/C16H11N2.CNS.Pt/c1-3-10-17-15(8-1)13-6-5-7-14(12-13)16-9-2-4-11-18-16;2-1-3;/h1-11H;;/q2*-1;+2. The molecule has 110 valence electrons. The van der Waals surface area contributed by atoms with Crippen molar-refractivity contribution in [3.05, 3.63) is 78.5 Å².